The van der Waals surface area contributed by atoms with Gasteiger partial charge in [-0.1, -0.05) is 6.08 Å². The third-order valence-electron chi connectivity index (χ3n) is 4.70. The Hall–Kier alpha value is -1.85. The summed E-state index contributed by atoms with van der Waals surface area (Å²) in [6, 6.07) is 0.0244. The number of ketones is 1. The van der Waals surface area contributed by atoms with Crippen LogP contribution in [-0.2, 0) is 19.1 Å². The van der Waals surface area contributed by atoms with Gasteiger partial charge in [-0.3, -0.25) is 14.5 Å². The second-order valence-corrected chi connectivity index (χ2v) is 6.07. The summed E-state index contributed by atoms with van der Waals surface area (Å²) >= 11 is 0. The third kappa shape index (κ3) is 4.12. The number of methoxy groups -OCH3 is 2. The maximum Gasteiger partial charge on any atom is 0.410 e. The number of amides is 1. The standard InChI is InChI=1S/C17H25NO5/c1-22-16(20)9-4-3-8-15(19)13-7-5-6-12-10-11-14(13)18(12)17(21)23-2/h7,12,14H,3-6,8-11H2,1-2H3. The Kier molecular flexibility index (Phi) is 6.19. The highest BCUT2D eigenvalue weighted by Gasteiger charge is 2.42. The van der Waals surface area contributed by atoms with Crippen molar-refractivity contribution in [3.05, 3.63) is 11.6 Å². The number of hydrogen-bond donors (Lipinski definition) is 0. The van der Waals surface area contributed by atoms with E-state index in [0.29, 0.717) is 25.7 Å². The molecule has 0 radical (unpaired) electrons. The van der Waals surface area contributed by atoms with Crippen LogP contribution in [0.25, 0.3) is 0 Å². The topological polar surface area (TPSA) is 72.9 Å². The van der Waals surface area contributed by atoms with Crippen LogP contribution in [0.3, 0.4) is 0 Å². The van der Waals surface area contributed by atoms with Gasteiger partial charge in [0.2, 0.25) is 0 Å². The molecule has 0 N–H and O–H groups in total. The number of carbonyl (C=O) groups is 3. The lowest BCUT2D eigenvalue weighted by Crippen LogP contribution is -2.42. The lowest BCUT2D eigenvalue weighted by Gasteiger charge is -2.28. The van der Waals surface area contributed by atoms with Crippen molar-refractivity contribution in [1.29, 1.82) is 0 Å². The first-order valence-corrected chi connectivity index (χ1v) is 8.24. The Morgan fingerprint density at radius 3 is 2.52 bits per heavy atom. The molecule has 2 unspecified atom stereocenters. The van der Waals surface area contributed by atoms with Crippen LogP contribution in [0.1, 0.15) is 51.4 Å². The zero-order chi connectivity index (χ0) is 16.8. The first-order valence-electron chi connectivity index (χ1n) is 8.24. The fourth-order valence-electron chi connectivity index (χ4n) is 3.52. The van der Waals surface area contributed by atoms with Crippen LogP contribution in [0.4, 0.5) is 4.79 Å². The van der Waals surface area contributed by atoms with Gasteiger partial charge in [-0.25, -0.2) is 4.79 Å². The molecule has 0 aromatic carbocycles. The number of unbranched alkanes of at least 4 members (excludes halogenated alkanes) is 1. The van der Waals surface area contributed by atoms with Gasteiger partial charge in [0.25, 0.3) is 0 Å². The van der Waals surface area contributed by atoms with E-state index in [1.165, 1.54) is 14.2 Å². The number of carbonyl (C=O) groups excluding carboxylic acids is 3. The van der Waals surface area contributed by atoms with Crippen molar-refractivity contribution in [3.63, 3.8) is 0 Å². The zero-order valence-electron chi connectivity index (χ0n) is 13.9. The summed E-state index contributed by atoms with van der Waals surface area (Å²) in [5.41, 5.74) is 0.744. The van der Waals surface area contributed by atoms with Gasteiger partial charge < -0.3 is 9.47 Å². The van der Waals surface area contributed by atoms with E-state index in [-0.39, 0.29) is 29.9 Å². The van der Waals surface area contributed by atoms with Gasteiger partial charge in [-0.15, -0.1) is 0 Å². The van der Waals surface area contributed by atoms with Gasteiger partial charge in [0.05, 0.1) is 20.3 Å². The van der Waals surface area contributed by atoms with Crippen molar-refractivity contribution in [3.8, 4) is 0 Å². The van der Waals surface area contributed by atoms with Crippen molar-refractivity contribution in [2.75, 3.05) is 14.2 Å². The molecule has 6 heteroatoms. The fourth-order valence-corrected chi connectivity index (χ4v) is 3.52. The summed E-state index contributed by atoms with van der Waals surface area (Å²) in [5, 5.41) is 0. The van der Waals surface area contributed by atoms with E-state index in [4.69, 9.17) is 4.74 Å². The molecule has 0 aromatic rings. The molecule has 2 heterocycles. The second-order valence-electron chi connectivity index (χ2n) is 6.07. The largest absolute Gasteiger partial charge is 0.469 e. The molecule has 23 heavy (non-hydrogen) atoms. The van der Waals surface area contributed by atoms with Crippen LogP contribution < -0.4 is 0 Å². The number of nitrogens with zero attached hydrogens (tertiary/aromatic N) is 1. The minimum absolute atomic E-state index is 0.0799. The van der Waals surface area contributed by atoms with Crippen LogP contribution in [0, 0.1) is 0 Å². The van der Waals surface area contributed by atoms with Crippen molar-refractivity contribution in [1.82, 2.24) is 4.90 Å². The van der Waals surface area contributed by atoms with E-state index >= 15 is 0 Å². The van der Waals surface area contributed by atoms with Gasteiger partial charge in [-0.2, -0.15) is 0 Å². The lowest BCUT2D eigenvalue weighted by molar-refractivity contribution is -0.140. The zero-order valence-corrected chi connectivity index (χ0v) is 13.9. The maximum absolute atomic E-state index is 12.5. The first kappa shape index (κ1) is 17.5. The summed E-state index contributed by atoms with van der Waals surface area (Å²) in [4.78, 5) is 37.4. The summed E-state index contributed by atoms with van der Waals surface area (Å²) in [5.74, 6) is -0.169. The molecule has 1 saturated heterocycles. The molecular weight excluding hydrogens is 298 g/mol. The monoisotopic (exact) mass is 323 g/mol. The Balaban J connectivity index is 1.95. The second kappa shape index (κ2) is 8.13. The highest BCUT2D eigenvalue weighted by atomic mass is 16.5. The molecule has 1 amide bonds. The van der Waals surface area contributed by atoms with E-state index in [2.05, 4.69) is 4.74 Å². The molecular formula is C17H25NO5. The molecule has 2 aliphatic rings. The molecule has 0 aliphatic carbocycles. The Bertz CT molecular complexity index is 499. The smallest absolute Gasteiger partial charge is 0.410 e. The van der Waals surface area contributed by atoms with Crippen molar-refractivity contribution in [2.45, 2.75) is 63.5 Å². The number of esters is 1. The van der Waals surface area contributed by atoms with Gasteiger partial charge in [0.1, 0.15) is 0 Å². The predicted molar refractivity (Wildman–Crippen MR) is 83.9 cm³/mol. The highest BCUT2D eigenvalue weighted by Crippen LogP contribution is 2.36. The van der Waals surface area contributed by atoms with Gasteiger partial charge in [0.15, 0.2) is 5.78 Å². The summed E-state index contributed by atoms with van der Waals surface area (Å²) in [6.07, 6.45) is 7.11. The number of allylic oxidation sites excluding steroid dienone is 1. The van der Waals surface area contributed by atoms with Crippen LogP contribution in [0.15, 0.2) is 11.6 Å². The summed E-state index contributed by atoms with van der Waals surface area (Å²) < 4.78 is 9.48. The van der Waals surface area contributed by atoms with E-state index in [9.17, 15) is 14.4 Å². The molecule has 0 spiro atoms. The van der Waals surface area contributed by atoms with Crippen molar-refractivity contribution < 1.29 is 23.9 Å². The van der Waals surface area contributed by atoms with E-state index in [0.717, 1.165) is 31.3 Å². The third-order valence-corrected chi connectivity index (χ3v) is 4.70. The van der Waals surface area contributed by atoms with Crippen LogP contribution >= 0.6 is 0 Å². The fraction of sp³-hybridized carbons (Fsp3) is 0.706. The van der Waals surface area contributed by atoms with E-state index in [1.54, 1.807) is 4.90 Å². The normalized spacial score (nSPS) is 23.0. The van der Waals surface area contributed by atoms with Crippen LogP contribution in [0.2, 0.25) is 0 Å². The van der Waals surface area contributed by atoms with E-state index in [1.807, 2.05) is 6.08 Å². The highest BCUT2D eigenvalue weighted by molar-refractivity contribution is 5.97. The predicted octanol–water partition coefficient (Wildman–Crippen LogP) is 2.61. The Labute approximate surface area is 136 Å². The van der Waals surface area contributed by atoms with Gasteiger partial charge >= 0.3 is 12.1 Å². The molecule has 2 bridgehead atoms. The molecule has 6 nitrogen and oxygen atoms in total. The molecule has 0 saturated carbocycles. The van der Waals surface area contributed by atoms with Gasteiger partial charge in [0, 0.05) is 24.5 Å². The Morgan fingerprint density at radius 1 is 1.09 bits per heavy atom. The average molecular weight is 323 g/mol. The van der Waals surface area contributed by atoms with Gasteiger partial charge in [-0.05, 0) is 38.5 Å². The lowest BCUT2D eigenvalue weighted by atomic mass is 9.94. The molecule has 2 aliphatic heterocycles. The van der Waals surface area contributed by atoms with Crippen LogP contribution in [-0.4, -0.2) is 49.0 Å². The molecule has 128 valence electrons. The summed E-state index contributed by atoms with van der Waals surface area (Å²) in [7, 11) is 2.74. The molecule has 0 aromatic heterocycles. The molecule has 2 atom stereocenters. The van der Waals surface area contributed by atoms with Crippen LogP contribution in [0.5, 0.6) is 0 Å². The number of rotatable bonds is 6. The number of ether oxygens (including phenoxy) is 2. The Morgan fingerprint density at radius 2 is 1.83 bits per heavy atom. The molecule has 2 rings (SSSR count). The minimum atomic E-state index is -0.344. The molecule has 1 fully saturated rings. The number of Topliss-reactive ketones (excluding diaryl/α,β-unsaturated/α-hetero) is 1. The number of hydrogen-bond acceptors (Lipinski definition) is 5. The van der Waals surface area contributed by atoms with E-state index < -0.39 is 0 Å². The first-order chi connectivity index (χ1) is 11.1. The van der Waals surface area contributed by atoms with Crippen molar-refractivity contribution >= 4 is 17.8 Å². The quantitative estimate of drug-likeness (QED) is 0.555. The summed E-state index contributed by atoms with van der Waals surface area (Å²) in [6.45, 7) is 0. The number of fused-ring (bicyclic) bond motifs is 2. The minimum Gasteiger partial charge on any atom is -0.469 e. The average Bonchev–Trinajstić information content (AvgIpc) is 2.86. The SMILES string of the molecule is COC(=O)CCCCC(=O)C1=CCCC2CCC1N2C(=O)OC. The maximum atomic E-state index is 12.5. The van der Waals surface area contributed by atoms with Crippen molar-refractivity contribution in [2.24, 2.45) is 0 Å².